The molecule has 5 heterocycles. The van der Waals surface area contributed by atoms with E-state index in [-0.39, 0.29) is 0 Å². The van der Waals surface area contributed by atoms with Crippen molar-refractivity contribution in [3.63, 3.8) is 0 Å². The van der Waals surface area contributed by atoms with Crippen molar-refractivity contribution >= 4 is 17.0 Å². The minimum Gasteiger partial charge on any atom is -0.378 e. The van der Waals surface area contributed by atoms with Gasteiger partial charge in [0.15, 0.2) is 5.65 Å². The van der Waals surface area contributed by atoms with E-state index in [0.29, 0.717) is 18.0 Å². The molecule has 3 aromatic rings. The normalized spacial score (nSPS) is 24.0. The van der Waals surface area contributed by atoms with E-state index in [1.807, 2.05) is 30.7 Å². The topological polar surface area (TPSA) is 79.0 Å². The first-order valence-electron chi connectivity index (χ1n) is 9.60. The van der Waals surface area contributed by atoms with Crippen LogP contribution in [0.3, 0.4) is 0 Å². The Morgan fingerprint density at radius 2 is 2.15 bits per heavy atom. The van der Waals surface area contributed by atoms with Gasteiger partial charge in [-0.15, -0.1) is 0 Å². The van der Waals surface area contributed by atoms with E-state index >= 15 is 0 Å². The van der Waals surface area contributed by atoms with Crippen molar-refractivity contribution in [3.05, 3.63) is 36.8 Å². The molecular weight excluding hydrogens is 340 g/mol. The van der Waals surface area contributed by atoms with E-state index in [9.17, 15) is 0 Å². The number of aromatic nitrogens is 4. The van der Waals surface area contributed by atoms with Gasteiger partial charge in [-0.05, 0) is 30.5 Å². The molecule has 0 saturated carbocycles. The van der Waals surface area contributed by atoms with Gasteiger partial charge >= 0.3 is 0 Å². The van der Waals surface area contributed by atoms with Crippen LogP contribution in [0.4, 0.5) is 5.82 Å². The number of piperidine rings is 1. The Labute approximate surface area is 158 Å². The Morgan fingerprint density at radius 3 is 3.00 bits per heavy atom. The molecule has 3 aromatic heterocycles. The molecule has 0 aliphatic carbocycles. The number of anilines is 1. The number of hydrogen-bond acceptors (Lipinski definition) is 6. The molecule has 2 fully saturated rings. The largest absolute Gasteiger partial charge is 0.378 e. The summed E-state index contributed by atoms with van der Waals surface area (Å²) in [5, 5.41) is 3.68. The summed E-state index contributed by atoms with van der Waals surface area (Å²) in [6.45, 7) is 6.22. The van der Waals surface area contributed by atoms with Gasteiger partial charge < -0.3 is 15.0 Å². The number of nitrogens with one attached hydrogen (secondary N) is 2. The maximum atomic E-state index is 5.39. The molecule has 0 spiro atoms. The molecule has 2 saturated heterocycles. The van der Waals surface area contributed by atoms with Gasteiger partial charge in [-0.2, -0.15) is 0 Å². The van der Waals surface area contributed by atoms with Gasteiger partial charge in [-0.3, -0.25) is 4.90 Å². The van der Waals surface area contributed by atoms with Gasteiger partial charge in [0.1, 0.15) is 11.3 Å². The van der Waals surface area contributed by atoms with Crippen LogP contribution in [-0.2, 0) is 4.74 Å². The van der Waals surface area contributed by atoms with E-state index in [4.69, 9.17) is 9.72 Å². The summed E-state index contributed by atoms with van der Waals surface area (Å²) >= 11 is 0. The third-order valence-corrected chi connectivity index (χ3v) is 5.51. The lowest BCUT2D eigenvalue weighted by Gasteiger charge is -2.44. The number of pyridine rings is 1. The van der Waals surface area contributed by atoms with Gasteiger partial charge in [0, 0.05) is 37.1 Å². The zero-order chi connectivity index (χ0) is 18.2. The number of hydrogen-bond donors (Lipinski definition) is 2. The Bertz CT molecular complexity index is 937. The molecule has 7 nitrogen and oxygen atoms in total. The SMILES string of the molecule is C[C@H]1C[C@H](Nc2ncccc2-c2cnc3[nH]ccc3n2)CN(C2COC2)C1. The fraction of sp³-hybridized carbons (Fsp3) is 0.450. The Hall–Kier alpha value is -2.51. The van der Waals surface area contributed by atoms with Crippen LogP contribution in [0, 0.1) is 5.92 Å². The lowest BCUT2D eigenvalue weighted by Crippen LogP contribution is -2.56. The van der Waals surface area contributed by atoms with E-state index < -0.39 is 0 Å². The van der Waals surface area contributed by atoms with Crippen LogP contribution < -0.4 is 5.32 Å². The van der Waals surface area contributed by atoms with Crippen molar-refractivity contribution < 1.29 is 4.74 Å². The van der Waals surface area contributed by atoms with Crippen LogP contribution in [0.2, 0.25) is 0 Å². The summed E-state index contributed by atoms with van der Waals surface area (Å²) in [6, 6.07) is 6.89. The summed E-state index contributed by atoms with van der Waals surface area (Å²) in [5.74, 6) is 1.53. The van der Waals surface area contributed by atoms with Crippen LogP contribution in [0.15, 0.2) is 36.8 Å². The van der Waals surface area contributed by atoms with Gasteiger partial charge in [0.05, 0.1) is 31.1 Å². The molecule has 27 heavy (non-hydrogen) atoms. The second kappa shape index (κ2) is 6.90. The molecular formula is C20H24N6O. The molecule has 0 unspecified atom stereocenters. The van der Waals surface area contributed by atoms with E-state index in [2.05, 4.69) is 38.2 Å². The smallest absolute Gasteiger partial charge is 0.156 e. The zero-order valence-corrected chi connectivity index (χ0v) is 15.4. The van der Waals surface area contributed by atoms with Crippen LogP contribution in [0.1, 0.15) is 13.3 Å². The van der Waals surface area contributed by atoms with E-state index in [1.54, 1.807) is 0 Å². The van der Waals surface area contributed by atoms with Gasteiger partial charge in [-0.25, -0.2) is 15.0 Å². The second-order valence-corrected chi connectivity index (χ2v) is 7.69. The maximum absolute atomic E-state index is 5.39. The number of rotatable bonds is 4. The van der Waals surface area contributed by atoms with Crippen LogP contribution in [0.25, 0.3) is 22.4 Å². The minimum absolute atomic E-state index is 0.368. The standard InChI is InChI=1S/C20H24N6O/c1-13-7-14(10-26(9-13)15-11-27-12-15)24-19-16(3-2-5-21-19)18-8-23-20-17(25-18)4-6-22-20/h2-6,8,13-15H,7,9-12H2,1H3,(H,21,24)(H,22,23)/t13-,14-/m0/s1. The monoisotopic (exact) mass is 364 g/mol. The van der Waals surface area contributed by atoms with Gasteiger partial charge in [0.25, 0.3) is 0 Å². The van der Waals surface area contributed by atoms with E-state index in [0.717, 1.165) is 61.0 Å². The quantitative estimate of drug-likeness (QED) is 0.741. The molecule has 0 aromatic carbocycles. The molecule has 2 atom stereocenters. The summed E-state index contributed by atoms with van der Waals surface area (Å²) < 4.78 is 5.39. The average molecular weight is 364 g/mol. The Balaban J connectivity index is 1.40. The first-order chi connectivity index (χ1) is 13.3. The molecule has 0 bridgehead atoms. The molecule has 7 heteroatoms. The molecule has 2 aliphatic rings. The van der Waals surface area contributed by atoms with Crippen molar-refractivity contribution in [2.45, 2.75) is 25.4 Å². The summed E-state index contributed by atoms with van der Waals surface area (Å²) in [4.78, 5) is 19.5. The van der Waals surface area contributed by atoms with Gasteiger partial charge in [-0.1, -0.05) is 6.92 Å². The number of fused-ring (bicyclic) bond motifs is 1. The highest BCUT2D eigenvalue weighted by atomic mass is 16.5. The lowest BCUT2D eigenvalue weighted by molar-refractivity contribution is -0.0766. The summed E-state index contributed by atoms with van der Waals surface area (Å²) in [7, 11) is 0. The molecule has 5 rings (SSSR count). The second-order valence-electron chi connectivity index (χ2n) is 7.69. The van der Waals surface area contributed by atoms with Gasteiger partial charge in [0.2, 0.25) is 0 Å². The third kappa shape index (κ3) is 3.28. The Kier molecular flexibility index (Phi) is 4.26. The van der Waals surface area contributed by atoms with Crippen LogP contribution >= 0.6 is 0 Å². The predicted octanol–water partition coefficient (Wildman–Crippen LogP) is 2.54. The fourth-order valence-electron chi connectivity index (χ4n) is 4.11. The van der Waals surface area contributed by atoms with Crippen LogP contribution in [-0.4, -0.2) is 63.2 Å². The first-order valence-corrected chi connectivity index (χ1v) is 9.60. The highest BCUT2D eigenvalue weighted by Crippen LogP contribution is 2.28. The third-order valence-electron chi connectivity index (χ3n) is 5.51. The van der Waals surface area contributed by atoms with E-state index in [1.165, 1.54) is 0 Å². The lowest BCUT2D eigenvalue weighted by atomic mass is 9.94. The highest BCUT2D eigenvalue weighted by Gasteiger charge is 2.33. The number of ether oxygens (including phenoxy) is 1. The van der Waals surface area contributed by atoms with Crippen LogP contribution in [0.5, 0.6) is 0 Å². The first kappa shape index (κ1) is 16.6. The maximum Gasteiger partial charge on any atom is 0.156 e. The average Bonchev–Trinajstić information content (AvgIpc) is 3.08. The number of aromatic amines is 1. The molecule has 2 aliphatic heterocycles. The zero-order valence-electron chi connectivity index (χ0n) is 15.4. The van der Waals surface area contributed by atoms with Crippen molar-refractivity contribution in [2.24, 2.45) is 5.92 Å². The fourth-order valence-corrected chi connectivity index (χ4v) is 4.11. The molecule has 0 radical (unpaired) electrons. The summed E-state index contributed by atoms with van der Waals surface area (Å²) in [5.41, 5.74) is 3.50. The van der Waals surface area contributed by atoms with Crippen molar-refractivity contribution in [2.75, 3.05) is 31.6 Å². The van der Waals surface area contributed by atoms with Crippen molar-refractivity contribution in [1.29, 1.82) is 0 Å². The molecule has 2 N–H and O–H groups in total. The Morgan fingerprint density at radius 1 is 1.22 bits per heavy atom. The highest BCUT2D eigenvalue weighted by molar-refractivity contribution is 5.78. The summed E-state index contributed by atoms with van der Waals surface area (Å²) in [6.07, 6.45) is 6.64. The number of likely N-dealkylation sites (tertiary alicyclic amines) is 1. The minimum atomic E-state index is 0.368. The number of nitrogens with zero attached hydrogens (tertiary/aromatic N) is 4. The predicted molar refractivity (Wildman–Crippen MR) is 104 cm³/mol. The number of H-pyrrole nitrogens is 1. The van der Waals surface area contributed by atoms with Crippen molar-refractivity contribution in [1.82, 2.24) is 24.8 Å². The molecule has 140 valence electrons. The van der Waals surface area contributed by atoms with Crippen molar-refractivity contribution in [3.8, 4) is 11.3 Å². The molecule has 0 amide bonds.